The van der Waals surface area contributed by atoms with Gasteiger partial charge in [0.15, 0.2) is 0 Å². The number of benzene rings is 1. The molecule has 0 radical (unpaired) electrons. The minimum atomic E-state index is -1.37. The van der Waals surface area contributed by atoms with E-state index in [1.807, 2.05) is 52.0 Å². The molecule has 1 heterocycles. The third kappa shape index (κ3) is 10.1. The van der Waals surface area contributed by atoms with Crippen LogP contribution in [0.25, 0.3) is 10.9 Å². The second-order valence-corrected chi connectivity index (χ2v) is 11.7. The molecule has 6 N–H and O–H groups in total. The Labute approximate surface area is 241 Å². The van der Waals surface area contributed by atoms with Crippen LogP contribution < -0.4 is 16.0 Å². The lowest BCUT2D eigenvalue weighted by molar-refractivity contribution is -0.140. The zero-order valence-electron chi connectivity index (χ0n) is 25.1. The maximum Gasteiger partial charge on any atom is 0.408 e. The molecule has 0 spiro atoms. The van der Waals surface area contributed by atoms with Gasteiger partial charge in [0, 0.05) is 17.1 Å². The molecule has 0 aliphatic rings. The van der Waals surface area contributed by atoms with Gasteiger partial charge in [0.2, 0.25) is 11.8 Å². The molecule has 1 aromatic heterocycles. The second-order valence-electron chi connectivity index (χ2n) is 11.7. The number of para-hydroxylation sites is 1. The monoisotopic (exact) mass is 574 g/mol. The van der Waals surface area contributed by atoms with Crippen molar-refractivity contribution in [2.24, 2.45) is 11.8 Å². The quantitative estimate of drug-likeness (QED) is 0.201. The summed E-state index contributed by atoms with van der Waals surface area (Å²) in [5, 5.41) is 29.2. The zero-order valence-corrected chi connectivity index (χ0v) is 25.1. The average molecular weight is 575 g/mol. The van der Waals surface area contributed by atoms with Gasteiger partial charge < -0.3 is 35.9 Å². The van der Waals surface area contributed by atoms with E-state index in [0.29, 0.717) is 12.8 Å². The molecule has 11 nitrogen and oxygen atoms in total. The van der Waals surface area contributed by atoms with Gasteiger partial charge >= 0.3 is 12.1 Å². The summed E-state index contributed by atoms with van der Waals surface area (Å²) >= 11 is 0. The molecule has 0 bridgehead atoms. The third-order valence-corrected chi connectivity index (χ3v) is 7.25. The summed E-state index contributed by atoms with van der Waals surface area (Å²) in [6.07, 6.45) is 0.395. The molecule has 41 heavy (non-hydrogen) atoms. The van der Waals surface area contributed by atoms with Gasteiger partial charge in [-0.1, -0.05) is 58.7 Å². The number of hydrogen-bond donors (Lipinski definition) is 6. The molecule has 1 aromatic carbocycles. The summed E-state index contributed by atoms with van der Waals surface area (Å²) in [5.74, 6) is -2.85. The van der Waals surface area contributed by atoms with Gasteiger partial charge in [-0.15, -0.1) is 0 Å². The predicted octanol–water partition coefficient (Wildman–Crippen LogP) is 3.50. The fraction of sp³-hybridized carbons (Fsp3) is 0.600. The molecule has 0 saturated heterocycles. The smallest absolute Gasteiger partial charge is 0.408 e. The first-order valence-electron chi connectivity index (χ1n) is 14.2. The topological polar surface area (TPSA) is 170 Å². The van der Waals surface area contributed by atoms with Crippen LogP contribution in [0.4, 0.5) is 4.79 Å². The van der Waals surface area contributed by atoms with E-state index < -0.39 is 60.1 Å². The number of H-pyrrole nitrogens is 1. The summed E-state index contributed by atoms with van der Waals surface area (Å²) in [7, 11) is 0. The molecule has 228 valence electrons. The number of carbonyl (C=O) groups is 4. The Bertz CT molecular complexity index is 1190. The van der Waals surface area contributed by atoms with E-state index in [0.717, 1.165) is 16.5 Å². The van der Waals surface area contributed by atoms with Crippen molar-refractivity contribution < 1.29 is 34.1 Å². The Balaban J connectivity index is 2.29. The Hall–Kier alpha value is -3.60. The number of carboxylic acid groups (broad SMARTS) is 1. The third-order valence-electron chi connectivity index (χ3n) is 7.25. The second kappa shape index (κ2) is 14.9. The van der Waals surface area contributed by atoms with Crippen LogP contribution in [-0.2, 0) is 25.5 Å². The highest BCUT2D eigenvalue weighted by Gasteiger charge is 2.35. The van der Waals surface area contributed by atoms with Crippen LogP contribution in [0.3, 0.4) is 0 Å². The van der Waals surface area contributed by atoms with Crippen molar-refractivity contribution in [1.82, 2.24) is 20.9 Å². The van der Waals surface area contributed by atoms with Crippen LogP contribution in [0.2, 0.25) is 0 Å². The van der Waals surface area contributed by atoms with E-state index in [1.54, 1.807) is 27.0 Å². The zero-order chi connectivity index (χ0) is 30.9. The van der Waals surface area contributed by atoms with Crippen LogP contribution in [0, 0.1) is 11.8 Å². The van der Waals surface area contributed by atoms with E-state index >= 15 is 0 Å². The number of nitrogens with one attached hydrogen (secondary N) is 4. The number of carbonyl (C=O) groups excluding carboxylic acids is 3. The molecular formula is C30H46N4O7. The number of ether oxygens (including phenoxy) is 1. The average Bonchev–Trinajstić information content (AvgIpc) is 3.30. The van der Waals surface area contributed by atoms with Crippen molar-refractivity contribution in [2.75, 3.05) is 0 Å². The highest BCUT2D eigenvalue weighted by atomic mass is 16.6. The molecule has 3 amide bonds. The minimum Gasteiger partial charge on any atom is -0.481 e. The number of carboxylic acids is 1. The number of amides is 3. The van der Waals surface area contributed by atoms with Gasteiger partial charge in [0.05, 0.1) is 18.6 Å². The van der Waals surface area contributed by atoms with Gasteiger partial charge in [-0.3, -0.25) is 14.4 Å². The molecule has 0 aliphatic heterocycles. The Morgan fingerprint density at radius 3 is 2.05 bits per heavy atom. The SMILES string of the molecule is CC[C@H](C)[C@H](NC(=O)OC(C)(C)C)C(=O)N[C@H](C(=O)N[C@@H](Cc1c[nH]c2ccccc12)C(O)CC(=O)O)[C@@H](C)CC. The molecule has 2 rings (SSSR count). The van der Waals surface area contributed by atoms with E-state index in [-0.39, 0.29) is 18.3 Å². The number of hydrogen-bond acceptors (Lipinski definition) is 6. The number of aliphatic hydroxyl groups excluding tert-OH is 1. The number of aliphatic carboxylic acids is 1. The molecule has 2 aromatic rings. The molecule has 11 heteroatoms. The number of fused-ring (bicyclic) bond motifs is 1. The van der Waals surface area contributed by atoms with Gasteiger partial charge in [0.25, 0.3) is 0 Å². The maximum absolute atomic E-state index is 13.6. The minimum absolute atomic E-state index is 0.168. The molecule has 0 fully saturated rings. The Morgan fingerprint density at radius 1 is 0.927 bits per heavy atom. The van der Waals surface area contributed by atoms with E-state index in [2.05, 4.69) is 20.9 Å². The van der Waals surface area contributed by atoms with E-state index in [4.69, 9.17) is 4.74 Å². The van der Waals surface area contributed by atoms with Crippen molar-refractivity contribution in [2.45, 2.75) is 104 Å². The largest absolute Gasteiger partial charge is 0.481 e. The molecular weight excluding hydrogens is 528 g/mol. The Morgan fingerprint density at radius 2 is 1.49 bits per heavy atom. The van der Waals surface area contributed by atoms with Crippen molar-refractivity contribution >= 4 is 34.8 Å². The fourth-order valence-electron chi connectivity index (χ4n) is 4.50. The van der Waals surface area contributed by atoms with Crippen molar-refractivity contribution in [3.63, 3.8) is 0 Å². The summed E-state index contributed by atoms with van der Waals surface area (Å²) < 4.78 is 5.34. The van der Waals surface area contributed by atoms with Gasteiger partial charge in [-0.25, -0.2) is 4.79 Å². The lowest BCUT2D eigenvalue weighted by atomic mass is 9.93. The first-order chi connectivity index (χ1) is 19.2. The van der Waals surface area contributed by atoms with Gasteiger partial charge in [-0.05, 0) is 50.7 Å². The van der Waals surface area contributed by atoms with Gasteiger partial charge in [0.1, 0.15) is 17.7 Å². The highest BCUT2D eigenvalue weighted by Crippen LogP contribution is 2.21. The standard InChI is InChI=1S/C30H46N4O7/c1-8-17(3)25(33-28(39)26(18(4)9-2)34-29(40)41-30(5,6)7)27(38)32-22(23(35)15-24(36)37)14-19-16-31-21-13-11-10-12-20(19)21/h10-13,16-18,22-23,25-26,31,35H,8-9,14-15H2,1-7H3,(H,32,38)(H,33,39)(H,34,40)(H,36,37)/t17-,18-,22-,23?,25-,26-/m0/s1. The normalized spacial score (nSPS) is 16.1. The van der Waals surface area contributed by atoms with Crippen molar-refractivity contribution in [3.05, 3.63) is 36.0 Å². The first-order valence-corrected chi connectivity index (χ1v) is 14.2. The van der Waals surface area contributed by atoms with Crippen LogP contribution in [0.1, 0.15) is 73.3 Å². The van der Waals surface area contributed by atoms with E-state index in [1.165, 1.54) is 0 Å². The fourth-order valence-corrected chi connectivity index (χ4v) is 4.50. The molecule has 0 saturated carbocycles. The number of aliphatic hydroxyl groups is 1. The van der Waals surface area contributed by atoms with Crippen LogP contribution in [-0.4, -0.2) is 68.9 Å². The predicted molar refractivity (Wildman–Crippen MR) is 156 cm³/mol. The summed E-state index contributed by atoms with van der Waals surface area (Å²) in [4.78, 5) is 54.1. The van der Waals surface area contributed by atoms with Crippen LogP contribution in [0.15, 0.2) is 30.5 Å². The number of aromatic amines is 1. The van der Waals surface area contributed by atoms with Crippen LogP contribution in [0.5, 0.6) is 0 Å². The van der Waals surface area contributed by atoms with Crippen molar-refractivity contribution in [3.8, 4) is 0 Å². The Kier molecular flexibility index (Phi) is 12.2. The highest BCUT2D eigenvalue weighted by molar-refractivity contribution is 5.92. The maximum atomic E-state index is 13.6. The summed E-state index contributed by atoms with van der Waals surface area (Å²) in [6, 6.07) is 4.66. The van der Waals surface area contributed by atoms with Crippen LogP contribution >= 0.6 is 0 Å². The lowest BCUT2D eigenvalue weighted by Gasteiger charge is -2.31. The summed E-state index contributed by atoms with van der Waals surface area (Å²) in [6.45, 7) is 12.6. The molecule has 0 aliphatic carbocycles. The summed E-state index contributed by atoms with van der Waals surface area (Å²) in [5.41, 5.74) is 0.924. The van der Waals surface area contributed by atoms with Gasteiger partial charge in [-0.2, -0.15) is 0 Å². The lowest BCUT2D eigenvalue weighted by Crippen LogP contribution is -2.59. The van der Waals surface area contributed by atoms with E-state index in [9.17, 15) is 29.4 Å². The van der Waals surface area contributed by atoms with Crippen molar-refractivity contribution in [1.29, 1.82) is 0 Å². The first kappa shape index (κ1) is 33.6. The molecule has 1 unspecified atom stereocenters. The number of aromatic nitrogens is 1. The molecule has 6 atom stereocenters. The number of rotatable bonds is 14. The number of alkyl carbamates (subject to hydrolysis) is 1.